The summed E-state index contributed by atoms with van der Waals surface area (Å²) in [6.45, 7) is 0. The van der Waals surface area contributed by atoms with Crippen LogP contribution in [-0.4, -0.2) is 118 Å². The van der Waals surface area contributed by atoms with Gasteiger partial charge in [-0.2, -0.15) is 0 Å². The van der Waals surface area contributed by atoms with Crippen LogP contribution in [0.3, 0.4) is 0 Å². The van der Waals surface area contributed by atoms with Crippen LogP contribution in [-0.2, 0) is 22.4 Å². The monoisotopic (exact) mass is 289 g/mol. The van der Waals surface area contributed by atoms with Crippen LogP contribution < -0.4 is 0 Å². The summed E-state index contributed by atoms with van der Waals surface area (Å²) >= 11 is 0. The summed E-state index contributed by atoms with van der Waals surface area (Å²) in [7, 11) is 0. The van der Waals surface area contributed by atoms with Gasteiger partial charge < -0.3 is 0 Å². The van der Waals surface area contributed by atoms with E-state index in [9.17, 15) is 0 Å². The van der Waals surface area contributed by atoms with Crippen LogP contribution in [0.4, 0.5) is 0 Å². The molecule has 0 amide bonds. The molecule has 0 spiro atoms. The van der Waals surface area contributed by atoms with Crippen LogP contribution in [0.5, 0.6) is 0 Å². The fourth-order valence-electron chi connectivity index (χ4n) is 0. The van der Waals surface area contributed by atoms with Gasteiger partial charge in [0, 0.05) is 141 Å². The van der Waals surface area contributed by atoms with Crippen LogP contribution in [0.25, 0.3) is 0 Å². The molecule has 0 fully saturated rings. The molecule has 0 saturated heterocycles. The zero-order valence-corrected chi connectivity index (χ0v) is 14.5. The first kappa shape index (κ1) is 33.1. The van der Waals surface area contributed by atoms with Gasteiger partial charge in [0.15, 0.2) is 0 Å². The van der Waals surface area contributed by atoms with Gasteiger partial charge in [0.2, 0.25) is 0 Å². The summed E-state index contributed by atoms with van der Waals surface area (Å²) in [5, 5.41) is 0. The van der Waals surface area contributed by atoms with Gasteiger partial charge in [-0.05, 0) is 0 Å². The summed E-state index contributed by atoms with van der Waals surface area (Å²) in [6.07, 6.45) is 0. The van der Waals surface area contributed by atoms with Crippen molar-refractivity contribution < 1.29 is 22.4 Å². The topological polar surface area (TPSA) is 0 Å². The van der Waals surface area contributed by atoms with E-state index in [1.165, 1.54) is 0 Å². The second-order valence-corrected chi connectivity index (χ2v) is 0. The Morgan fingerprint density at radius 1 is 0.400 bits per heavy atom. The molecule has 5 heteroatoms. The molecule has 0 unspecified atom stereocenters. The average Bonchev–Trinajstić information content (AvgIpc) is 0. The van der Waals surface area contributed by atoms with Crippen LogP contribution in [0.1, 0.15) is 0 Å². The molecular formula is AuNa4. The summed E-state index contributed by atoms with van der Waals surface area (Å²) < 4.78 is 0. The van der Waals surface area contributed by atoms with Gasteiger partial charge in [-0.3, -0.25) is 0 Å². The van der Waals surface area contributed by atoms with Crippen molar-refractivity contribution in [2.24, 2.45) is 0 Å². The molecule has 0 bridgehead atoms. The summed E-state index contributed by atoms with van der Waals surface area (Å²) in [5.41, 5.74) is 0. The standard InChI is InChI=1S/Au.4Na. The molecule has 0 atom stereocenters. The predicted molar refractivity (Wildman–Crippen MR) is 23.0 cm³/mol. The Kier molecular flexibility index (Phi) is 154. The Hall–Kier alpha value is 4.74. The molecule has 0 nitrogen and oxygen atoms in total. The van der Waals surface area contributed by atoms with Gasteiger partial charge in [0.25, 0.3) is 0 Å². The van der Waals surface area contributed by atoms with E-state index in [4.69, 9.17) is 0 Å². The molecule has 0 N–H and O–H groups in total. The zero-order chi connectivity index (χ0) is 0. The van der Waals surface area contributed by atoms with Crippen molar-refractivity contribution in [1.82, 2.24) is 0 Å². The molecule has 0 saturated carbocycles. The molecule has 15 valence electrons. The van der Waals surface area contributed by atoms with Crippen molar-refractivity contribution in [3.8, 4) is 0 Å². The Morgan fingerprint density at radius 3 is 0.400 bits per heavy atom. The third-order valence-corrected chi connectivity index (χ3v) is 0. The number of hydrogen-bond acceptors (Lipinski definition) is 0. The molecule has 0 aromatic heterocycles. The molecular weight excluding hydrogens is 289 g/mol. The molecule has 0 aromatic carbocycles. The van der Waals surface area contributed by atoms with Crippen molar-refractivity contribution in [2.45, 2.75) is 0 Å². The summed E-state index contributed by atoms with van der Waals surface area (Å²) in [4.78, 5) is 0. The van der Waals surface area contributed by atoms with Gasteiger partial charge in [0.1, 0.15) is 0 Å². The van der Waals surface area contributed by atoms with Crippen molar-refractivity contribution in [2.75, 3.05) is 0 Å². The van der Waals surface area contributed by atoms with E-state index < -0.39 is 0 Å². The Morgan fingerprint density at radius 2 is 0.400 bits per heavy atom. The second kappa shape index (κ2) is 23.3. The zero-order valence-electron chi connectivity index (χ0n) is 4.30. The first-order valence-corrected chi connectivity index (χ1v) is 0. The first-order chi connectivity index (χ1) is 0. The van der Waals surface area contributed by atoms with Crippen molar-refractivity contribution in [3.05, 3.63) is 0 Å². The summed E-state index contributed by atoms with van der Waals surface area (Å²) in [6, 6.07) is 0. The van der Waals surface area contributed by atoms with E-state index in [-0.39, 0.29) is 141 Å². The fraction of sp³-hybridized carbons (Fsp3) is 0. The van der Waals surface area contributed by atoms with Crippen LogP contribution in [0, 0.1) is 0 Å². The Labute approximate surface area is 137 Å². The predicted octanol–water partition coefficient (Wildman–Crippen LogP) is -1.53. The van der Waals surface area contributed by atoms with Gasteiger partial charge in [-0.25, -0.2) is 0 Å². The number of hydrogen-bond donors (Lipinski definition) is 0. The van der Waals surface area contributed by atoms with Gasteiger partial charge >= 0.3 is 0 Å². The smallest absolute Gasteiger partial charge is 0 e. The average molecular weight is 289 g/mol. The molecule has 0 heterocycles. The van der Waals surface area contributed by atoms with Crippen molar-refractivity contribution in [1.29, 1.82) is 0 Å². The van der Waals surface area contributed by atoms with E-state index in [0.29, 0.717) is 0 Å². The first-order valence-electron chi connectivity index (χ1n) is 0. The van der Waals surface area contributed by atoms with Gasteiger partial charge in [-0.1, -0.05) is 0 Å². The maximum Gasteiger partial charge on any atom is 0 e. The largest absolute Gasteiger partial charge is 0 e. The Balaban J connectivity index is 0. The van der Waals surface area contributed by atoms with Gasteiger partial charge in [-0.15, -0.1) is 0 Å². The second-order valence-electron chi connectivity index (χ2n) is 0. The van der Waals surface area contributed by atoms with E-state index in [1.54, 1.807) is 0 Å². The molecule has 5 radical (unpaired) electrons. The third-order valence-electron chi connectivity index (χ3n) is 0. The maximum atomic E-state index is 0. The minimum absolute atomic E-state index is 0. The molecule has 0 aromatic rings. The molecule has 0 rings (SSSR count). The van der Waals surface area contributed by atoms with Crippen LogP contribution >= 0.6 is 0 Å². The maximum absolute atomic E-state index is 0. The number of rotatable bonds is 0. The molecule has 0 aliphatic rings. The minimum Gasteiger partial charge on any atom is 0 e. The van der Waals surface area contributed by atoms with E-state index in [2.05, 4.69) is 0 Å². The van der Waals surface area contributed by atoms with Crippen LogP contribution in [0.15, 0.2) is 0 Å². The van der Waals surface area contributed by atoms with Gasteiger partial charge in [0.05, 0.1) is 0 Å². The van der Waals surface area contributed by atoms with E-state index >= 15 is 0 Å². The quantitative estimate of drug-likeness (QED) is 0.475. The summed E-state index contributed by atoms with van der Waals surface area (Å²) in [5.74, 6) is 0. The van der Waals surface area contributed by atoms with Crippen molar-refractivity contribution in [3.63, 3.8) is 0 Å². The fourth-order valence-corrected chi connectivity index (χ4v) is 0. The Bertz CT molecular complexity index is 3.61. The minimum atomic E-state index is 0. The third kappa shape index (κ3) is 17.7. The van der Waals surface area contributed by atoms with Crippen LogP contribution in [0.2, 0.25) is 0 Å². The molecule has 0 aliphatic heterocycles. The SMILES string of the molecule is [Au].[Na].[Na].[Na].[Na]. The normalized spacial score (nSPS) is 0. The molecule has 5 heavy (non-hydrogen) atoms. The van der Waals surface area contributed by atoms with E-state index in [0.717, 1.165) is 0 Å². The van der Waals surface area contributed by atoms with E-state index in [1.807, 2.05) is 0 Å². The van der Waals surface area contributed by atoms with Crippen molar-refractivity contribution >= 4 is 118 Å². The molecule has 0 aliphatic carbocycles.